The average Bonchev–Trinajstić information content (AvgIpc) is 2.68. The van der Waals surface area contributed by atoms with Gasteiger partial charge < -0.3 is 9.80 Å². The lowest BCUT2D eigenvalue weighted by Gasteiger charge is -2.36. The summed E-state index contributed by atoms with van der Waals surface area (Å²) in [7, 11) is 0. The van der Waals surface area contributed by atoms with E-state index in [0.717, 1.165) is 37.4 Å². The van der Waals surface area contributed by atoms with Crippen LogP contribution in [0.25, 0.3) is 0 Å². The van der Waals surface area contributed by atoms with Crippen LogP contribution in [0.5, 0.6) is 0 Å². The third-order valence-corrected chi connectivity index (χ3v) is 6.11. The third-order valence-electron chi connectivity index (χ3n) is 4.97. The van der Waals surface area contributed by atoms with E-state index in [1.165, 1.54) is 16.0 Å². The SMILES string of the molecule is CC(=O)c1ccc(N2CCN(C(=O)CSc3cc(C)ccc3C)CC2)cc1. The average molecular weight is 383 g/mol. The summed E-state index contributed by atoms with van der Waals surface area (Å²) in [5.41, 5.74) is 4.28. The zero-order valence-electron chi connectivity index (χ0n) is 16.2. The summed E-state index contributed by atoms with van der Waals surface area (Å²) >= 11 is 1.63. The molecule has 1 aliphatic heterocycles. The largest absolute Gasteiger partial charge is 0.368 e. The summed E-state index contributed by atoms with van der Waals surface area (Å²) in [4.78, 5) is 29.4. The number of carbonyl (C=O) groups is 2. The fourth-order valence-corrected chi connectivity index (χ4v) is 4.24. The van der Waals surface area contributed by atoms with Gasteiger partial charge in [0.1, 0.15) is 0 Å². The number of amides is 1. The second-order valence-electron chi connectivity index (χ2n) is 7.03. The first-order valence-electron chi connectivity index (χ1n) is 9.28. The number of benzene rings is 2. The lowest BCUT2D eigenvalue weighted by Crippen LogP contribution is -2.49. The van der Waals surface area contributed by atoms with Crippen molar-refractivity contribution in [3.63, 3.8) is 0 Å². The molecule has 0 unspecified atom stereocenters. The number of piperazine rings is 1. The maximum atomic E-state index is 12.6. The molecule has 0 bridgehead atoms. The van der Waals surface area contributed by atoms with Gasteiger partial charge in [0.2, 0.25) is 5.91 Å². The van der Waals surface area contributed by atoms with Crippen molar-refractivity contribution in [2.45, 2.75) is 25.7 Å². The molecule has 0 aliphatic carbocycles. The third kappa shape index (κ3) is 4.92. The molecule has 1 heterocycles. The summed E-state index contributed by atoms with van der Waals surface area (Å²) in [6, 6.07) is 14.1. The van der Waals surface area contributed by atoms with Gasteiger partial charge in [0.05, 0.1) is 5.75 Å². The minimum absolute atomic E-state index is 0.0818. The zero-order valence-corrected chi connectivity index (χ0v) is 17.0. The highest BCUT2D eigenvalue weighted by molar-refractivity contribution is 8.00. The van der Waals surface area contributed by atoms with Gasteiger partial charge in [-0.05, 0) is 56.7 Å². The Morgan fingerprint density at radius 1 is 0.963 bits per heavy atom. The number of Topliss-reactive ketones (excluding diaryl/α,β-unsaturated/α-hetero) is 1. The number of anilines is 1. The van der Waals surface area contributed by atoms with Crippen LogP contribution < -0.4 is 4.90 Å². The molecule has 27 heavy (non-hydrogen) atoms. The Balaban J connectivity index is 1.51. The summed E-state index contributed by atoms with van der Waals surface area (Å²) in [5, 5.41) is 0. The summed E-state index contributed by atoms with van der Waals surface area (Å²) < 4.78 is 0. The molecule has 142 valence electrons. The van der Waals surface area contributed by atoms with Crippen molar-refractivity contribution >= 4 is 29.1 Å². The van der Waals surface area contributed by atoms with Crippen LogP contribution in [0.15, 0.2) is 47.4 Å². The molecule has 1 saturated heterocycles. The van der Waals surface area contributed by atoms with E-state index in [-0.39, 0.29) is 11.7 Å². The molecule has 0 N–H and O–H groups in total. The summed E-state index contributed by atoms with van der Waals surface area (Å²) in [6.45, 7) is 8.85. The number of thioether (sulfide) groups is 1. The lowest BCUT2D eigenvalue weighted by molar-refractivity contribution is -0.128. The fraction of sp³-hybridized carbons (Fsp3) is 0.364. The second kappa shape index (κ2) is 8.61. The minimum Gasteiger partial charge on any atom is -0.368 e. The summed E-state index contributed by atoms with van der Waals surface area (Å²) in [6.07, 6.45) is 0. The number of hydrogen-bond donors (Lipinski definition) is 0. The van der Waals surface area contributed by atoms with Gasteiger partial charge in [0.15, 0.2) is 5.78 Å². The number of nitrogens with zero attached hydrogens (tertiary/aromatic N) is 2. The van der Waals surface area contributed by atoms with Crippen LogP contribution in [0, 0.1) is 13.8 Å². The Bertz CT molecular complexity index is 825. The maximum absolute atomic E-state index is 12.6. The van der Waals surface area contributed by atoms with Crippen molar-refractivity contribution in [3.05, 3.63) is 59.2 Å². The van der Waals surface area contributed by atoms with Crippen molar-refractivity contribution in [2.75, 3.05) is 36.8 Å². The Kier molecular flexibility index (Phi) is 6.22. The van der Waals surface area contributed by atoms with Crippen LogP contribution in [0.2, 0.25) is 0 Å². The highest BCUT2D eigenvalue weighted by Crippen LogP contribution is 2.24. The normalized spacial score (nSPS) is 14.3. The predicted octanol–water partition coefficient (Wildman–Crippen LogP) is 3.95. The molecule has 0 aromatic heterocycles. The molecule has 2 aromatic rings. The minimum atomic E-state index is 0.0818. The first kappa shape index (κ1) is 19.5. The Hall–Kier alpha value is -2.27. The first-order chi connectivity index (χ1) is 12.9. The molecule has 1 fully saturated rings. The smallest absolute Gasteiger partial charge is 0.233 e. The number of hydrogen-bond acceptors (Lipinski definition) is 4. The topological polar surface area (TPSA) is 40.6 Å². The lowest BCUT2D eigenvalue weighted by atomic mass is 10.1. The van der Waals surface area contributed by atoms with Gasteiger partial charge in [-0.15, -0.1) is 11.8 Å². The van der Waals surface area contributed by atoms with Gasteiger partial charge >= 0.3 is 0 Å². The quantitative estimate of drug-likeness (QED) is 0.580. The van der Waals surface area contributed by atoms with E-state index in [9.17, 15) is 9.59 Å². The van der Waals surface area contributed by atoms with Gasteiger partial charge in [-0.3, -0.25) is 9.59 Å². The standard InChI is InChI=1S/C22H26N2O2S/c1-16-4-5-17(2)21(14-16)27-15-22(26)24-12-10-23(11-13-24)20-8-6-19(7-9-20)18(3)25/h4-9,14H,10-13,15H2,1-3H3. The number of carbonyl (C=O) groups excluding carboxylic acids is 2. The monoisotopic (exact) mass is 382 g/mol. The van der Waals surface area contributed by atoms with E-state index in [0.29, 0.717) is 5.75 Å². The summed E-state index contributed by atoms with van der Waals surface area (Å²) in [5.74, 6) is 0.767. The number of rotatable bonds is 5. The van der Waals surface area contributed by atoms with Crippen LogP contribution in [0.1, 0.15) is 28.4 Å². The molecule has 0 spiro atoms. The Morgan fingerprint density at radius 3 is 2.26 bits per heavy atom. The molecule has 1 amide bonds. The van der Waals surface area contributed by atoms with Crippen LogP contribution >= 0.6 is 11.8 Å². The molecular weight excluding hydrogens is 356 g/mol. The Morgan fingerprint density at radius 2 is 1.63 bits per heavy atom. The van der Waals surface area contributed by atoms with Crippen LogP contribution in [0.3, 0.4) is 0 Å². The maximum Gasteiger partial charge on any atom is 0.233 e. The fourth-order valence-electron chi connectivity index (χ4n) is 3.21. The van der Waals surface area contributed by atoms with Crippen LogP contribution in [0.4, 0.5) is 5.69 Å². The van der Waals surface area contributed by atoms with E-state index in [4.69, 9.17) is 0 Å². The molecule has 1 aliphatic rings. The molecule has 0 saturated carbocycles. The van der Waals surface area contributed by atoms with Gasteiger partial charge in [0, 0.05) is 42.3 Å². The molecule has 2 aromatic carbocycles. The van der Waals surface area contributed by atoms with E-state index < -0.39 is 0 Å². The molecule has 4 nitrogen and oxygen atoms in total. The van der Waals surface area contributed by atoms with Crippen molar-refractivity contribution in [1.82, 2.24) is 4.90 Å². The van der Waals surface area contributed by atoms with Gasteiger partial charge in [-0.2, -0.15) is 0 Å². The van der Waals surface area contributed by atoms with Gasteiger partial charge in [-0.1, -0.05) is 17.7 Å². The van der Waals surface area contributed by atoms with Crippen molar-refractivity contribution < 1.29 is 9.59 Å². The molecule has 5 heteroatoms. The van der Waals surface area contributed by atoms with E-state index in [1.807, 2.05) is 29.2 Å². The van der Waals surface area contributed by atoms with E-state index in [2.05, 4.69) is 36.9 Å². The van der Waals surface area contributed by atoms with Crippen LogP contribution in [-0.2, 0) is 4.79 Å². The second-order valence-corrected chi connectivity index (χ2v) is 8.05. The number of aryl methyl sites for hydroxylation is 2. The Labute approximate surface area is 165 Å². The first-order valence-corrected chi connectivity index (χ1v) is 10.3. The van der Waals surface area contributed by atoms with E-state index >= 15 is 0 Å². The predicted molar refractivity (Wildman–Crippen MR) is 112 cm³/mol. The molecule has 0 radical (unpaired) electrons. The zero-order chi connectivity index (χ0) is 19.4. The van der Waals surface area contributed by atoms with Crippen molar-refractivity contribution in [2.24, 2.45) is 0 Å². The highest BCUT2D eigenvalue weighted by Gasteiger charge is 2.21. The number of ketones is 1. The molecular formula is C22H26N2O2S. The molecule has 0 atom stereocenters. The van der Waals surface area contributed by atoms with Crippen molar-refractivity contribution in [3.8, 4) is 0 Å². The van der Waals surface area contributed by atoms with Crippen LogP contribution in [-0.4, -0.2) is 48.5 Å². The van der Waals surface area contributed by atoms with Crippen molar-refractivity contribution in [1.29, 1.82) is 0 Å². The molecule has 3 rings (SSSR count). The van der Waals surface area contributed by atoms with Gasteiger partial charge in [-0.25, -0.2) is 0 Å². The van der Waals surface area contributed by atoms with E-state index in [1.54, 1.807) is 18.7 Å². The highest BCUT2D eigenvalue weighted by atomic mass is 32.2. The van der Waals surface area contributed by atoms with Gasteiger partial charge in [0.25, 0.3) is 0 Å².